The lowest BCUT2D eigenvalue weighted by molar-refractivity contribution is -0.0304. The lowest BCUT2D eigenvalue weighted by Crippen LogP contribution is -2.22. The molecule has 0 spiro atoms. The van der Waals surface area contributed by atoms with E-state index < -0.39 is 0 Å². The molecular formula is C12H21NOS. The van der Waals surface area contributed by atoms with Gasteiger partial charge in [0.15, 0.2) is 0 Å². The zero-order valence-electron chi connectivity index (χ0n) is 10.1. The third-order valence-corrected chi connectivity index (χ3v) is 3.58. The topological polar surface area (TPSA) is 21.3 Å². The Kier molecular flexibility index (Phi) is 4.77. The van der Waals surface area contributed by atoms with Crippen LogP contribution in [0.4, 0.5) is 0 Å². The molecule has 1 rings (SSSR count). The van der Waals surface area contributed by atoms with Crippen molar-refractivity contribution in [3.63, 3.8) is 0 Å². The normalized spacial score (nSPS) is 12.0. The van der Waals surface area contributed by atoms with Crippen LogP contribution in [0, 0.1) is 0 Å². The van der Waals surface area contributed by atoms with E-state index in [-0.39, 0.29) is 5.60 Å². The van der Waals surface area contributed by atoms with Crippen molar-refractivity contribution >= 4 is 11.3 Å². The lowest BCUT2D eigenvalue weighted by Gasteiger charge is -2.22. The standard InChI is InChI=1S/C12H21NOS/c1-5-12(2,3)14-9-11-7-6-10(15-11)8-13-4/h6-7,13H,5,8-9H2,1-4H3. The van der Waals surface area contributed by atoms with Crippen LogP contribution < -0.4 is 5.32 Å². The zero-order valence-corrected chi connectivity index (χ0v) is 10.9. The van der Waals surface area contributed by atoms with E-state index in [0.29, 0.717) is 0 Å². The number of nitrogens with one attached hydrogen (secondary N) is 1. The molecule has 0 saturated carbocycles. The lowest BCUT2D eigenvalue weighted by atomic mass is 10.1. The predicted molar refractivity (Wildman–Crippen MR) is 66.2 cm³/mol. The number of ether oxygens (including phenoxy) is 1. The van der Waals surface area contributed by atoms with Crippen molar-refractivity contribution in [2.75, 3.05) is 7.05 Å². The Morgan fingerprint density at radius 3 is 2.60 bits per heavy atom. The summed E-state index contributed by atoms with van der Waals surface area (Å²) in [5.41, 5.74) is -0.00679. The highest BCUT2D eigenvalue weighted by atomic mass is 32.1. The third-order valence-electron chi connectivity index (χ3n) is 2.52. The van der Waals surface area contributed by atoms with E-state index in [9.17, 15) is 0 Å². The molecule has 2 nitrogen and oxygen atoms in total. The van der Waals surface area contributed by atoms with E-state index in [1.165, 1.54) is 9.75 Å². The van der Waals surface area contributed by atoms with Gasteiger partial charge in [0.2, 0.25) is 0 Å². The molecule has 86 valence electrons. The van der Waals surface area contributed by atoms with Crippen LogP contribution in [0.3, 0.4) is 0 Å². The molecule has 0 amide bonds. The molecule has 3 heteroatoms. The molecule has 0 aliphatic heterocycles. The summed E-state index contributed by atoms with van der Waals surface area (Å²) in [4.78, 5) is 2.67. The molecule has 0 bridgehead atoms. The summed E-state index contributed by atoms with van der Waals surface area (Å²) in [6, 6.07) is 4.32. The van der Waals surface area contributed by atoms with Crippen LogP contribution in [0.5, 0.6) is 0 Å². The van der Waals surface area contributed by atoms with Crippen LogP contribution in [0.1, 0.15) is 36.9 Å². The molecule has 15 heavy (non-hydrogen) atoms. The second-order valence-electron chi connectivity index (χ2n) is 4.30. The van der Waals surface area contributed by atoms with Gasteiger partial charge in [-0.05, 0) is 39.4 Å². The van der Waals surface area contributed by atoms with Gasteiger partial charge in [0.25, 0.3) is 0 Å². The third kappa shape index (κ3) is 4.33. The highest BCUT2D eigenvalue weighted by Crippen LogP contribution is 2.21. The molecule has 1 aromatic rings. The van der Waals surface area contributed by atoms with E-state index in [4.69, 9.17) is 4.74 Å². The smallest absolute Gasteiger partial charge is 0.0816 e. The summed E-state index contributed by atoms with van der Waals surface area (Å²) >= 11 is 1.82. The van der Waals surface area contributed by atoms with Crippen molar-refractivity contribution < 1.29 is 4.74 Å². The Bertz CT molecular complexity index is 294. The van der Waals surface area contributed by atoms with Crippen molar-refractivity contribution in [1.29, 1.82) is 0 Å². The number of rotatable bonds is 6. The molecule has 0 fully saturated rings. The average Bonchev–Trinajstić information content (AvgIpc) is 2.64. The van der Waals surface area contributed by atoms with Gasteiger partial charge in [0.05, 0.1) is 12.2 Å². The first-order valence-corrected chi connectivity index (χ1v) is 6.25. The molecule has 0 unspecified atom stereocenters. The van der Waals surface area contributed by atoms with E-state index in [2.05, 4.69) is 38.2 Å². The first-order valence-electron chi connectivity index (χ1n) is 5.43. The van der Waals surface area contributed by atoms with Crippen LogP contribution >= 0.6 is 11.3 Å². The summed E-state index contributed by atoms with van der Waals surface area (Å²) in [7, 11) is 1.97. The predicted octanol–water partition coefficient (Wildman–Crippen LogP) is 3.17. The summed E-state index contributed by atoms with van der Waals surface area (Å²) in [6.45, 7) is 8.10. The van der Waals surface area contributed by atoms with Crippen molar-refractivity contribution in [3.8, 4) is 0 Å². The minimum Gasteiger partial charge on any atom is -0.370 e. The highest BCUT2D eigenvalue weighted by molar-refractivity contribution is 7.11. The molecule has 0 aromatic carbocycles. The quantitative estimate of drug-likeness (QED) is 0.806. The van der Waals surface area contributed by atoms with Crippen LogP contribution in [-0.2, 0) is 17.9 Å². The largest absolute Gasteiger partial charge is 0.370 e. The van der Waals surface area contributed by atoms with Crippen LogP contribution in [0.15, 0.2) is 12.1 Å². The second-order valence-corrected chi connectivity index (χ2v) is 5.55. The Morgan fingerprint density at radius 1 is 1.33 bits per heavy atom. The van der Waals surface area contributed by atoms with Gasteiger partial charge < -0.3 is 10.1 Å². The summed E-state index contributed by atoms with van der Waals surface area (Å²) < 4.78 is 5.85. The molecule has 1 aromatic heterocycles. The van der Waals surface area contributed by atoms with Crippen molar-refractivity contribution in [2.45, 2.75) is 45.9 Å². The first-order chi connectivity index (χ1) is 7.07. The van der Waals surface area contributed by atoms with E-state index in [0.717, 1.165) is 19.6 Å². The fourth-order valence-corrected chi connectivity index (χ4v) is 2.08. The van der Waals surface area contributed by atoms with Crippen LogP contribution in [0.25, 0.3) is 0 Å². The van der Waals surface area contributed by atoms with Crippen LogP contribution in [-0.4, -0.2) is 12.6 Å². The molecule has 0 radical (unpaired) electrons. The maximum absolute atomic E-state index is 5.85. The van der Waals surface area contributed by atoms with E-state index in [1.54, 1.807) is 0 Å². The molecule has 0 saturated heterocycles. The van der Waals surface area contributed by atoms with Gasteiger partial charge in [-0.25, -0.2) is 0 Å². The van der Waals surface area contributed by atoms with Gasteiger partial charge in [-0.15, -0.1) is 11.3 Å². The van der Waals surface area contributed by atoms with Crippen LogP contribution in [0.2, 0.25) is 0 Å². The summed E-state index contributed by atoms with van der Waals surface area (Å²) in [5.74, 6) is 0. The van der Waals surface area contributed by atoms with Gasteiger partial charge >= 0.3 is 0 Å². The van der Waals surface area contributed by atoms with E-state index in [1.807, 2.05) is 18.4 Å². The van der Waals surface area contributed by atoms with Gasteiger partial charge in [0, 0.05) is 16.3 Å². The van der Waals surface area contributed by atoms with Crippen molar-refractivity contribution in [2.24, 2.45) is 0 Å². The maximum atomic E-state index is 5.85. The molecule has 0 aliphatic rings. The molecule has 0 aliphatic carbocycles. The zero-order chi connectivity index (χ0) is 11.3. The minimum atomic E-state index is -0.00679. The Labute approximate surface area is 96.7 Å². The Morgan fingerprint density at radius 2 is 2.00 bits per heavy atom. The Hall–Kier alpha value is -0.380. The SMILES string of the molecule is CCC(C)(C)OCc1ccc(CNC)s1. The molecular weight excluding hydrogens is 206 g/mol. The summed E-state index contributed by atoms with van der Waals surface area (Å²) in [6.07, 6.45) is 1.04. The number of thiophene rings is 1. The van der Waals surface area contributed by atoms with Crippen molar-refractivity contribution in [1.82, 2.24) is 5.32 Å². The second kappa shape index (κ2) is 5.64. The monoisotopic (exact) mass is 227 g/mol. The highest BCUT2D eigenvalue weighted by Gasteiger charge is 2.15. The van der Waals surface area contributed by atoms with Gasteiger partial charge in [-0.3, -0.25) is 0 Å². The first kappa shape index (κ1) is 12.7. The van der Waals surface area contributed by atoms with Crippen molar-refractivity contribution in [3.05, 3.63) is 21.9 Å². The Balaban J connectivity index is 2.44. The van der Waals surface area contributed by atoms with Gasteiger partial charge in [-0.1, -0.05) is 6.92 Å². The minimum absolute atomic E-state index is 0.00679. The average molecular weight is 227 g/mol. The molecule has 0 atom stereocenters. The number of hydrogen-bond donors (Lipinski definition) is 1. The fraction of sp³-hybridized carbons (Fsp3) is 0.667. The molecule has 1 N–H and O–H groups in total. The molecule has 1 heterocycles. The van der Waals surface area contributed by atoms with E-state index >= 15 is 0 Å². The fourth-order valence-electron chi connectivity index (χ4n) is 1.14. The number of hydrogen-bond acceptors (Lipinski definition) is 3. The summed E-state index contributed by atoms with van der Waals surface area (Å²) in [5, 5.41) is 3.15. The maximum Gasteiger partial charge on any atom is 0.0816 e. The van der Waals surface area contributed by atoms with Gasteiger partial charge in [-0.2, -0.15) is 0 Å². The van der Waals surface area contributed by atoms with Gasteiger partial charge in [0.1, 0.15) is 0 Å².